The third kappa shape index (κ3) is 3.80. The van der Waals surface area contributed by atoms with E-state index in [-0.39, 0.29) is 39.7 Å². The Morgan fingerprint density at radius 1 is 1.18 bits per heavy atom. The molecular formula is C25H27F3N4O2. The molecule has 2 fully saturated rings. The van der Waals surface area contributed by atoms with Gasteiger partial charge in [0.05, 0.1) is 19.0 Å². The van der Waals surface area contributed by atoms with Gasteiger partial charge in [-0.15, -0.1) is 0 Å². The molecule has 34 heavy (non-hydrogen) atoms. The van der Waals surface area contributed by atoms with Crippen molar-refractivity contribution in [1.82, 2.24) is 19.5 Å². The first kappa shape index (κ1) is 22.7. The maximum Gasteiger partial charge on any atom is 0.433 e. The van der Waals surface area contributed by atoms with E-state index in [1.54, 1.807) is 24.3 Å². The summed E-state index contributed by atoms with van der Waals surface area (Å²) >= 11 is 0. The van der Waals surface area contributed by atoms with E-state index in [2.05, 4.69) is 30.9 Å². The molecule has 2 aliphatic rings. The molecule has 3 heterocycles. The van der Waals surface area contributed by atoms with Gasteiger partial charge in [0.1, 0.15) is 11.3 Å². The first-order valence-electron chi connectivity index (χ1n) is 11.3. The van der Waals surface area contributed by atoms with E-state index in [0.717, 1.165) is 29.8 Å². The minimum absolute atomic E-state index is 0.00134. The zero-order valence-corrected chi connectivity index (χ0v) is 19.6. The molecule has 1 saturated carbocycles. The molecular weight excluding hydrogens is 445 g/mol. The van der Waals surface area contributed by atoms with Gasteiger partial charge in [-0.25, -0.2) is 9.50 Å². The lowest BCUT2D eigenvalue weighted by atomic mass is 9.65. The molecule has 9 heteroatoms. The summed E-state index contributed by atoms with van der Waals surface area (Å²) in [6, 6.07) is 7.67. The van der Waals surface area contributed by atoms with E-state index < -0.39 is 11.9 Å². The number of hydrogen-bond donors (Lipinski definition) is 0. The number of halogens is 3. The molecule has 1 aromatic carbocycles. The molecule has 2 bridgehead atoms. The smallest absolute Gasteiger partial charge is 0.433 e. The van der Waals surface area contributed by atoms with Gasteiger partial charge in [0.15, 0.2) is 11.3 Å². The summed E-state index contributed by atoms with van der Waals surface area (Å²) in [4.78, 5) is 20.0. The summed E-state index contributed by atoms with van der Waals surface area (Å²) in [7, 11) is 1.48. The number of likely N-dealkylation sites (tertiary alicyclic amines) is 1. The quantitative estimate of drug-likeness (QED) is 0.508. The van der Waals surface area contributed by atoms with Crippen molar-refractivity contribution in [3.8, 4) is 17.0 Å². The van der Waals surface area contributed by atoms with Crippen LogP contribution in [0, 0.1) is 10.8 Å². The molecule has 0 spiro atoms. The molecule has 6 nitrogen and oxygen atoms in total. The van der Waals surface area contributed by atoms with Crippen LogP contribution >= 0.6 is 0 Å². The van der Waals surface area contributed by atoms with Crippen LogP contribution in [0.5, 0.6) is 5.75 Å². The summed E-state index contributed by atoms with van der Waals surface area (Å²) in [6.45, 7) is 7.18. The first-order chi connectivity index (χ1) is 15.9. The van der Waals surface area contributed by atoms with Crippen molar-refractivity contribution >= 4 is 11.6 Å². The fraction of sp³-hybridized carbons (Fsp3) is 0.480. The van der Waals surface area contributed by atoms with Gasteiger partial charge in [-0.05, 0) is 48.3 Å². The molecule has 180 valence electrons. The van der Waals surface area contributed by atoms with Crippen LogP contribution in [0.4, 0.5) is 13.2 Å². The molecule has 0 unspecified atom stereocenters. The van der Waals surface area contributed by atoms with Crippen LogP contribution < -0.4 is 4.74 Å². The predicted molar refractivity (Wildman–Crippen MR) is 121 cm³/mol. The summed E-state index contributed by atoms with van der Waals surface area (Å²) in [5, 5.41) is 3.94. The fourth-order valence-electron chi connectivity index (χ4n) is 6.10. The van der Waals surface area contributed by atoms with Crippen LogP contribution in [-0.4, -0.2) is 45.1 Å². The van der Waals surface area contributed by atoms with Gasteiger partial charge in [0.25, 0.3) is 5.91 Å². The van der Waals surface area contributed by atoms with Gasteiger partial charge >= 0.3 is 6.18 Å². The summed E-state index contributed by atoms with van der Waals surface area (Å²) in [5.41, 5.74) is -0.328. The highest BCUT2D eigenvalue weighted by atomic mass is 19.4. The van der Waals surface area contributed by atoms with Crippen molar-refractivity contribution in [2.45, 2.75) is 52.3 Å². The van der Waals surface area contributed by atoms with Crippen molar-refractivity contribution < 1.29 is 22.7 Å². The Morgan fingerprint density at radius 2 is 1.94 bits per heavy atom. The lowest BCUT2D eigenvalue weighted by Crippen LogP contribution is -2.37. The fourth-order valence-corrected chi connectivity index (χ4v) is 6.10. The molecule has 1 amide bonds. The van der Waals surface area contributed by atoms with Crippen LogP contribution in [0.3, 0.4) is 0 Å². The molecule has 1 aliphatic heterocycles. The Bertz CT molecular complexity index is 1280. The van der Waals surface area contributed by atoms with Gasteiger partial charge in [-0.1, -0.05) is 32.9 Å². The molecule has 3 aromatic rings. The standard InChI is InChI=1S/C25H27F3N4O2/c1-23(2)10-16-11-24(3,13-23)14-31(16)22(33)18-12-29-32-20(25(26,27)28)9-19(30-21(18)32)15-6-5-7-17(8-15)34-4/h5-9,12,16H,10-11,13-14H2,1-4H3/t16-,24-/m0/s1. The average molecular weight is 473 g/mol. The highest BCUT2D eigenvalue weighted by molar-refractivity contribution is 6.00. The number of hydrogen-bond acceptors (Lipinski definition) is 4. The zero-order valence-electron chi connectivity index (χ0n) is 19.6. The van der Waals surface area contributed by atoms with Crippen molar-refractivity contribution in [3.63, 3.8) is 0 Å². The lowest BCUT2D eigenvalue weighted by molar-refractivity contribution is -0.142. The normalized spacial score (nSPS) is 24.0. The van der Waals surface area contributed by atoms with Gasteiger partial charge in [-0.3, -0.25) is 4.79 Å². The number of fused-ring (bicyclic) bond motifs is 3. The summed E-state index contributed by atoms with van der Waals surface area (Å²) in [5.74, 6) is 0.183. The number of rotatable bonds is 3. The Morgan fingerprint density at radius 3 is 2.65 bits per heavy atom. The molecule has 2 aromatic heterocycles. The number of nitrogens with zero attached hydrogens (tertiary/aromatic N) is 4. The number of carbonyl (C=O) groups excluding carboxylic acids is 1. The molecule has 1 saturated heterocycles. The molecule has 0 N–H and O–H groups in total. The first-order valence-corrected chi connectivity index (χ1v) is 11.3. The highest BCUT2D eigenvalue weighted by Gasteiger charge is 2.51. The molecule has 0 radical (unpaired) electrons. The van der Waals surface area contributed by atoms with Crippen molar-refractivity contribution in [2.75, 3.05) is 13.7 Å². The summed E-state index contributed by atoms with van der Waals surface area (Å²) in [6.07, 6.45) is -0.694. The van der Waals surface area contributed by atoms with Crippen molar-refractivity contribution in [1.29, 1.82) is 0 Å². The van der Waals surface area contributed by atoms with Crippen LogP contribution in [-0.2, 0) is 6.18 Å². The van der Waals surface area contributed by atoms with Crippen molar-refractivity contribution in [2.24, 2.45) is 10.8 Å². The van der Waals surface area contributed by atoms with Crippen LogP contribution in [0.15, 0.2) is 36.5 Å². The maximum absolute atomic E-state index is 14.0. The monoisotopic (exact) mass is 472 g/mol. The second-order valence-corrected chi connectivity index (χ2v) is 10.7. The largest absolute Gasteiger partial charge is 0.497 e. The van der Waals surface area contributed by atoms with Gasteiger partial charge in [0, 0.05) is 18.2 Å². The van der Waals surface area contributed by atoms with E-state index in [4.69, 9.17) is 4.74 Å². The van der Waals surface area contributed by atoms with Crippen molar-refractivity contribution in [3.05, 3.63) is 47.8 Å². The number of methoxy groups -OCH3 is 1. The number of alkyl halides is 3. The molecule has 2 atom stereocenters. The van der Waals surface area contributed by atoms with Crippen LogP contribution in [0.25, 0.3) is 16.9 Å². The minimum Gasteiger partial charge on any atom is -0.497 e. The topological polar surface area (TPSA) is 59.7 Å². The van der Waals surface area contributed by atoms with Gasteiger partial charge in [-0.2, -0.15) is 18.3 Å². The summed E-state index contributed by atoms with van der Waals surface area (Å²) < 4.78 is 47.9. The lowest BCUT2D eigenvalue weighted by Gasteiger charge is -2.39. The second-order valence-electron chi connectivity index (χ2n) is 10.7. The van der Waals surface area contributed by atoms with Crippen LogP contribution in [0.2, 0.25) is 0 Å². The van der Waals surface area contributed by atoms with Gasteiger partial charge in [0.2, 0.25) is 0 Å². The maximum atomic E-state index is 14.0. The van der Waals surface area contributed by atoms with E-state index in [1.807, 2.05) is 4.90 Å². The Labute approximate surface area is 195 Å². The second kappa shape index (κ2) is 7.45. The Balaban J connectivity index is 1.62. The van der Waals surface area contributed by atoms with E-state index in [0.29, 0.717) is 17.9 Å². The SMILES string of the molecule is COc1cccc(-c2cc(C(F)(F)F)n3ncc(C(=O)N4C[C@@]5(C)C[C@@H]4CC(C)(C)C5)c3n2)c1. The number of carbonyl (C=O) groups is 1. The third-order valence-corrected chi connectivity index (χ3v) is 7.03. The molecule has 1 aliphatic carbocycles. The average Bonchev–Trinajstić information content (AvgIpc) is 3.28. The molecule has 5 rings (SSSR count). The van der Waals surface area contributed by atoms with E-state index in [9.17, 15) is 18.0 Å². The highest BCUT2D eigenvalue weighted by Crippen LogP contribution is 2.52. The zero-order chi connectivity index (χ0) is 24.5. The number of amides is 1. The third-order valence-electron chi connectivity index (χ3n) is 7.03. The predicted octanol–water partition coefficient (Wildman–Crippen LogP) is 5.46. The van der Waals surface area contributed by atoms with E-state index in [1.165, 1.54) is 13.3 Å². The number of ether oxygens (including phenoxy) is 1. The Kier molecular flexibility index (Phi) is 4.97. The van der Waals surface area contributed by atoms with E-state index >= 15 is 0 Å². The Hall–Kier alpha value is -3.10. The van der Waals surface area contributed by atoms with Gasteiger partial charge < -0.3 is 9.64 Å². The number of benzene rings is 1. The van der Waals surface area contributed by atoms with Crippen LogP contribution in [0.1, 0.15) is 56.1 Å². The minimum atomic E-state index is -4.68. The number of aromatic nitrogens is 3.